The van der Waals surface area contributed by atoms with Crippen molar-refractivity contribution >= 4 is 22.6 Å². The molecule has 0 atom stereocenters. The summed E-state index contributed by atoms with van der Waals surface area (Å²) in [6, 6.07) is 14.7. The molecule has 0 spiro atoms. The predicted octanol–water partition coefficient (Wildman–Crippen LogP) is 3.47. The van der Waals surface area contributed by atoms with Crippen LogP contribution in [0.3, 0.4) is 0 Å². The van der Waals surface area contributed by atoms with Crippen molar-refractivity contribution in [2.75, 3.05) is 5.32 Å². The first kappa shape index (κ1) is 15.8. The van der Waals surface area contributed by atoms with Crippen LogP contribution in [0.1, 0.15) is 16.7 Å². The Morgan fingerprint density at radius 1 is 1.08 bits per heavy atom. The van der Waals surface area contributed by atoms with Crippen molar-refractivity contribution in [2.45, 2.75) is 20.4 Å². The maximum absolute atomic E-state index is 12.2. The van der Waals surface area contributed by atoms with E-state index in [2.05, 4.69) is 15.6 Å². The van der Waals surface area contributed by atoms with Crippen LogP contribution in [0, 0.1) is 13.8 Å². The topological polar surface area (TPSA) is 74.0 Å². The van der Waals surface area contributed by atoms with Gasteiger partial charge >= 0.3 is 6.03 Å². The number of rotatable bonds is 3. The fraction of sp³-hybridized carbons (Fsp3) is 0.158. The molecule has 0 aliphatic rings. The molecule has 3 aromatic rings. The number of benzene rings is 2. The summed E-state index contributed by atoms with van der Waals surface area (Å²) in [6.45, 7) is 4.15. The van der Waals surface area contributed by atoms with Crippen LogP contribution in [0.4, 0.5) is 10.5 Å². The standard InChI is InChI=1S/C19H19N3O2/c1-12-8-13(2)17-14(9-12)10-15(18(23)22-17)11-20-19(24)21-16-6-4-3-5-7-16/h3-10H,11H2,1-2H3,(H,22,23)(H2,20,21,24). The molecule has 0 aliphatic heterocycles. The fourth-order valence-electron chi connectivity index (χ4n) is 2.74. The van der Waals surface area contributed by atoms with Gasteiger partial charge in [-0.3, -0.25) is 4.79 Å². The third kappa shape index (κ3) is 3.46. The van der Waals surface area contributed by atoms with E-state index in [1.807, 2.05) is 50.2 Å². The summed E-state index contributed by atoms with van der Waals surface area (Å²) in [5, 5.41) is 6.40. The Bertz CT molecular complexity index is 946. The van der Waals surface area contributed by atoms with Crippen molar-refractivity contribution in [2.24, 2.45) is 0 Å². The van der Waals surface area contributed by atoms with Crippen molar-refractivity contribution < 1.29 is 4.79 Å². The first-order valence-electron chi connectivity index (χ1n) is 7.76. The van der Waals surface area contributed by atoms with E-state index in [-0.39, 0.29) is 18.1 Å². The van der Waals surface area contributed by atoms with Gasteiger partial charge in [0.25, 0.3) is 5.56 Å². The van der Waals surface area contributed by atoms with Crippen LogP contribution in [0.25, 0.3) is 10.9 Å². The highest BCUT2D eigenvalue weighted by atomic mass is 16.2. The molecule has 122 valence electrons. The Kier molecular flexibility index (Phi) is 4.33. The molecule has 5 nitrogen and oxygen atoms in total. The zero-order valence-corrected chi connectivity index (χ0v) is 13.6. The first-order chi connectivity index (χ1) is 11.5. The lowest BCUT2D eigenvalue weighted by Crippen LogP contribution is -2.30. The molecular formula is C19H19N3O2. The summed E-state index contributed by atoms with van der Waals surface area (Å²) in [4.78, 5) is 27.0. The minimum atomic E-state index is -0.346. The molecule has 0 saturated carbocycles. The number of amides is 2. The molecule has 0 aliphatic carbocycles. The Hall–Kier alpha value is -3.08. The lowest BCUT2D eigenvalue weighted by molar-refractivity contribution is 0.251. The average molecular weight is 321 g/mol. The zero-order valence-electron chi connectivity index (χ0n) is 13.6. The number of hydrogen-bond acceptors (Lipinski definition) is 2. The number of aromatic nitrogens is 1. The van der Waals surface area contributed by atoms with Crippen LogP contribution in [-0.4, -0.2) is 11.0 Å². The molecular weight excluding hydrogens is 302 g/mol. The molecule has 1 aromatic heterocycles. The molecule has 3 N–H and O–H groups in total. The molecule has 24 heavy (non-hydrogen) atoms. The fourth-order valence-corrected chi connectivity index (χ4v) is 2.74. The number of nitrogens with one attached hydrogen (secondary N) is 3. The van der Waals surface area contributed by atoms with Gasteiger partial charge in [-0.2, -0.15) is 0 Å². The molecule has 3 rings (SSSR count). The predicted molar refractivity (Wildman–Crippen MR) is 96.3 cm³/mol. The van der Waals surface area contributed by atoms with Crippen molar-refractivity contribution in [3.63, 3.8) is 0 Å². The van der Waals surface area contributed by atoms with Gasteiger partial charge in [0.2, 0.25) is 0 Å². The second kappa shape index (κ2) is 6.58. The number of aryl methyl sites for hydroxylation is 2. The number of hydrogen-bond donors (Lipinski definition) is 3. The summed E-state index contributed by atoms with van der Waals surface area (Å²) in [5.41, 5.74) is 4.04. The smallest absolute Gasteiger partial charge is 0.319 e. The minimum Gasteiger partial charge on any atom is -0.334 e. The van der Waals surface area contributed by atoms with Crippen LogP contribution >= 0.6 is 0 Å². The highest BCUT2D eigenvalue weighted by molar-refractivity contribution is 5.89. The third-order valence-electron chi connectivity index (χ3n) is 3.84. The second-order valence-corrected chi connectivity index (χ2v) is 5.84. The number of H-pyrrole nitrogens is 1. The number of aromatic amines is 1. The van der Waals surface area contributed by atoms with Crippen LogP contribution < -0.4 is 16.2 Å². The van der Waals surface area contributed by atoms with Gasteiger partial charge in [-0.15, -0.1) is 0 Å². The quantitative estimate of drug-likeness (QED) is 0.691. The molecule has 0 fully saturated rings. The van der Waals surface area contributed by atoms with Crippen molar-refractivity contribution in [3.8, 4) is 0 Å². The Labute approximate surface area is 139 Å². The van der Waals surface area contributed by atoms with Gasteiger partial charge < -0.3 is 15.6 Å². The number of carbonyl (C=O) groups is 1. The lowest BCUT2D eigenvalue weighted by Gasteiger charge is -2.09. The molecule has 1 heterocycles. The van der Waals surface area contributed by atoms with Crippen molar-refractivity contribution in [1.82, 2.24) is 10.3 Å². The van der Waals surface area contributed by atoms with Crippen LogP contribution in [0.5, 0.6) is 0 Å². The van der Waals surface area contributed by atoms with Crippen molar-refractivity contribution in [1.29, 1.82) is 0 Å². The van der Waals surface area contributed by atoms with Gasteiger partial charge in [0, 0.05) is 17.8 Å². The van der Waals surface area contributed by atoms with E-state index in [1.54, 1.807) is 12.1 Å². The van der Waals surface area contributed by atoms with E-state index in [4.69, 9.17) is 0 Å². The Morgan fingerprint density at radius 3 is 2.58 bits per heavy atom. The number of para-hydroxylation sites is 1. The van der Waals surface area contributed by atoms with Gasteiger partial charge in [0.05, 0.1) is 5.52 Å². The monoisotopic (exact) mass is 321 g/mol. The third-order valence-corrected chi connectivity index (χ3v) is 3.84. The number of fused-ring (bicyclic) bond motifs is 1. The summed E-state index contributed by atoms with van der Waals surface area (Å²) in [5.74, 6) is 0. The Balaban J connectivity index is 1.76. The summed E-state index contributed by atoms with van der Waals surface area (Å²) in [7, 11) is 0. The molecule has 5 heteroatoms. The van der Waals surface area contributed by atoms with E-state index in [0.29, 0.717) is 11.3 Å². The lowest BCUT2D eigenvalue weighted by atomic mass is 10.1. The van der Waals surface area contributed by atoms with Gasteiger partial charge in [-0.1, -0.05) is 29.8 Å². The van der Waals surface area contributed by atoms with Crippen LogP contribution in [-0.2, 0) is 6.54 Å². The van der Waals surface area contributed by atoms with E-state index in [0.717, 1.165) is 22.0 Å². The molecule has 0 bridgehead atoms. The minimum absolute atomic E-state index is 0.164. The van der Waals surface area contributed by atoms with E-state index in [9.17, 15) is 9.59 Å². The molecule has 0 saturated heterocycles. The van der Waals surface area contributed by atoms with Crippen molar-refractivity contribution in [3.05, 3.63) is 75.6 Å². The van der Waals surface area contributed by atoms with Gasteiger partial charge in [0.1, 0.15) is 0 Å². The SMILES string of the molecule is Cc1cc(C)c2[nH]c(=O)c(CNC(=O)Nc3ccccc3)cc2c1. The second-order valence-electron chi connectivity index (χ2n) is 5.84. The number of urea groups is 1. The highest BCUT2D eigenvalue weighted by Gasteiger charge is 2.07. The van der Waals surface area contributed by atoms with Gasteiger partial charge in [-0.25, -0.2) is 4.79 Å². The molecule has 2 aromatic carbocycles. The maximum atomic E-state index is 12.2. The molecule has 0 unspecified atom stereocenters. The summed E-state index contributed by atoms with van der Waals surface area (Å²) >= 11 is 0. The van der Waals surface area contributed by atoms with Gasteiger partial charge in [-0.05, 0) is 49.1 Å². The first-order valence-corrected chi connectivity index (χ1v) is 7.76. The van der Waals surface area contributed by atoms with E-state index >= 15 is 0 Å². The Morgan fingerprint density at radius 2 is 1.83 bits per heavy atom. The largest absolute Gasteiger partial charge is 0.334 e. The van der Waals surface area contributed by atoms with E-state index in [1.165, 1.54) is 0 Å². The van der Waals surface area contributed by atoms with Crippen LogP contribution in [0.15, 0.2) is 53.3 Å². The molecule has 0 radical (unpaired) electrons. The maximum Gasteiger partial charge on any atom is 0.319 e. The van der Waals surface area contributed by atoms with Crippen LogP contribution in [0.2, 0.25) is 0 Å². The highest BCUT2D eigenvalue weighted by Crippen LogP contribution is 2.17. The molecule has 2 amide bonds. The summed E-state index contributed by atoms with van der Waals surface area (Å²) < 4.78 is 0. The van der Waals surface area contributed by atoms with E-state index < -0.39 is 0 Å². The number of pyridine rings is 1. The number of anilines is 1. The summed E-state index contributed by atoms with van der Waals surface area (Å²) in [6.07, 6.45) is 0. The van der Waals surface area contributed by atoms with Gasteiger partial charge in [0.15, 0.2) is 0 Å². The normalized spacial score (nSPS) is 10.6. The number of carbonyl (C=O) groups excluding carboxylic acids is 1. The zero-order chi connectivity index (χ0) is 17.1. The average Bonchev–Trinajstić information content (AvgIpc) is 2.55.